The Morgan fingerprint density at radius 1 is 1.24 bits per heavy atom. The van der Waals surface area contributed by atoms with E-state index in [1.807, 2.05) is 18.2 Å². The van der Waals surface area contributed by atoms with E-state index >= 15 is 0 Å². The van der Waals surface area contributed by atoms with Crippen molar-refractivity contribution in [3.63, 3.8) is 0 Å². The number of ether oxygens (including phenoxy) is 1. The summed E-state index contributed by atoms with van der Waals surface area (Å²) in [4.78, 5) is 5.20. The fourth-order valence-electron chi connectivity index (χ4n) is 3.41. The first-order chi connectivity index (χ1) is 10.4. The maximum atomic E-state index is 9.02. The number of fused-ring (bicyclic) bond motifs is 1. The highest BCUT2D eigenvalue weighted by atomic mass is 16.5. The molecule has 1 aromatic carbocycles. The molecule has 112 valence electrons. The van der Waals surface area contributed by atoms with Crippen LogP contribution in [0.5, 0.6) is 5.75 Å². The monoisotopic (exact) mass is 285 g/mol. The Labute approximate surface area is 126 Å². The summed E-state index contributed by atoms with van der Waals surface area (Å²) in [6, 6.07) is 10.4. The van der Waals surface area contributed by atoms with Gasteiger partial charge in [0.25, 0.3) is 0 Å². The molecule has 0 aliphatic carbocycles. The van der Waals surface area contributed by atoms with Gasteiger partial charge in [0.1, 0.15) is 11.8 Å². The Bertz CT molecular complexity index is 511. The van der Waals surface area contributed by atoms with Crippen molar-refractivity contribution in [1.29, 1.82) is 5.26 Å². The molecule has 2 saturated heterocycles. The SMILES string of the molecule is N#Cc1ccccc1OCCCN1CCN2CCCC2C1. The summed E-state index contributed by atoms with van der Waals surface area (Å²) in [5, 5.41) is 9.02. The van der Waals surface area contributed by atoms with E-state index in [1.54, 1.807) is 6.07 Å². The predicted molar refractivity (Wildman–Crippen MR) is 82.3 cm³/mol. The van der Waals surface area contributed by atoms with Crippen molar-refractivity contribution in [2.75, 3.05) is 39.3 Å². The van der Waals surface area contributed by atoms with Gasteiger partial charge in [0, 0.05) is 32.2 Å². The van der Waals surface area contributed by atoms with Crippen molar-refractivity contribution < 1.29 is 4.74 Å². The molecular weight excluding hydrogens is 262 g/mol. The molecule has 3 rings (SSSR count). The average Bonchev–Trinajstić information content (AvgIpc) is 2.99. The Kier molecular flexibility index (Phi) is 4.74. The van der Waals surface area contributed by atoms with Crippen molar-refractivity contribution in [2.45, 2.75) is 25.3 Å². The molecule has 0 bridgehead atoms. The lowest BCUT2D eigenvalue weighted by Gasteiger charge is -2.37. The maximum Gasteiger partial charge on any atom is 0.137 e. The third-order valence-corrected chi connectivity index (χ3v) is 4.56. The van der Waals surface area contributed by atoms with Gasteiger partial charge in [-0.15, -0.1) is 0 Å². The summed E-state index contributed by atoms with van der Waals surface area (Å²) >= 11 is 0. The van der Waals surface area contributed by atoms with Crippen molar-refractivity contribution in [1.82, 2.24) is 9.80 Å². The highest BCUT2D eigenvalue weighted by Gasteiger charge is 2.29. The van der Waals surface area contributed by atoms with Crippen molar-refractivity contribution in [3.05, 3.63) is 29.8 Å². The van der Waals surface area contributed by atoms with E-state index in [-0.39, 0.29) is 0 Å². The highest BCUT2D eigenvalue weighted by Crippen LogP contribution is 2.21. The molecule has 0 saturated carbocycles. The van der Waals surface area contributed by atoms with Gasteiger partial charge in [0.2, 0.25) is 0 Å². The molecule has 0 aromatic heterocycles. The smallest absolute Gasteiger partial charge is 0.137 e. The summed E-state index contributed by atoms with van der Waals surface area (Å²) in [5.41, 5.74) is 0.622. The molecule has 1 atom stereocenters. The standard InChI is InChI=1S/C17H23N3O/c18-13-15-5-1-2-7-17(15)21-12-4-8-19-10-11-20-9-3-6-16(20)14-19/h1-2,5,7,16H,3-4,6,8-12,14H2. The van der Waals surface area contributed by atoms with Crippen LogP contribution in [0.3, 0.4) is 0 Å². The number of nitrogens with zero attached hydrogens (tertiary/aromatic N) is 3. The second-order valence-corrected chi connectivity index (χ2v) is 5.94. The number of rotatable bonds is 5. The molecule has 4 nitrogen and oxygen atoms in total. The van der Waals surface area contributed by atoms with Crippen LogP contribution < -0.4 is 4.74 Å². The van der Waals surface area contributed by atoms with Crippen LogP contribution in [0.25, 0.3) is 0 Å². The molecule has 2 aliphatic rings. The zero-order valence-corrected chi connectivity index (χ0v) is 12.5. The van der Waals surface area contributed by atoms with Crippen molar-refractivity contribution in [3.8, 4) is 11.8 Å². The summed E-state index contributed by atoms with van der Waals surface area (Å²) in [6.07, 6.45) is 3.75. The Balaban J connectivity index is 1.39. The topological polar surface area (TPSA) is 39.5 Å². The number of nitriles is 1. The van der Waals surface area contributed by atoms with Crippen molar-refractivity contribution in [2.24, 2.45) is 0 Å². The molecule has 4 heteroatoms. The summed E-state index contributed by atoms with van der Waals surface area (Å²) in [7, 11) is 0. The zero-order valence-electron chi connectivity index (χ0n) is 12.5. The third kappa shape index (κ3) is 3.55. The van der Waals surface area contributed by atoms with Crippen molar-refractivity contribution >= 4 is 0 Å². The normalized spacial score (nSPS) is 22.7. The summed E-state index contributed by atoms with van der Waals surface area (Å²) in [6.45, 7) is 6.71. The number of benzene rings is 1. The fraction of sp³-hybridized carbons (Fsp3) is 0.588. The number of hydrogen-bond donors (Lipinski definition) is 0. The molecule has 21 heavy (non-hydrogen) atoms. The van der Waals surface area contributed by atoms with Gasteiger partial charge in [0.05, 0.1) is 12.2 Å². The lowest BCUT2D eigenvalue weighted by molar-refractivity contribution is 0.0997. The fourth-order valence-corrected chi connectivity index (χ4v) is 3.41. The lowest BCUT2D eigenvalue weighted by atomic mass is 10.1. The molecule has 0 spiro atoms. The maximum absolute atomic E-state index is 9.02. The van der Waals surface area contributed by atoms with Crippen LogP contribution in [0.1, 0.15) is 24.8 Å². The van der Waals surface area contributed by atoms with Crippen LogP contribution in [0.4, 0.5) is 0 Å². The van der Waals surface area contributed by atoms with Gasteiger partial charge in [-0.3, -0.25) is 4.90 Å². The molecule has 2 fully saturated rings. The Hall–Kier alpha value is -1.57. The van der Waals surface area contributed by atoms with Crippen LogP contribution in [0.2, 0.25) is 0 Å². The molecule has 1 unspecified atom stereocenters. The predicted octanol–water partition coefficient (Wildman–Crippen LogP) is 2.11. The minimum atomic E-state index is 0.622. The minimum Gasteiger partial charge on any atom is -0.492 e. The average molecular weight is 285 g/mol. The van der Waals surface area contributed by atoms with Crippen LogP contribution >= 0.6 is 0 Å². The first kappa shape index (κ1) is 14.4. The first-order valence-electron chi connectivity index (χ1n) is 7.95. The van der Waals surface area contributed by atoms with E-state index in [1.165, 1.54) is 39.0 Å². The molecule has 0 N–H and O–H groups in total. The summed E-state index contributed by atoms with van der Waals surface area (Å²) < 4.78 is 5.75. The van der Waals surface area contributed by atoms with E-state index in [2.05, 4.69) is 15.9 Å². The van der Waals surface area contributed by atoms with Gasteiger partial charge >= 0.3 is 0 Å². The van der Waals surface area contributed by atoms with E-state index in [0.29, 0.717) is 17.9 Å². The summed E-state index contributed by atoms with van der Waals surface area (Å²) in [5.74, 6) is 0.709. The quantitative estimate of drug-likeness (QED) is 0.777. The Morgan fingerprint density at radius 3 is 3.05 bits per heavy atom. The van der Waals surface area contributed by atoms with E-state index in [4.69, 9.17) is 10.00 Å². The van der Waals surface area contributed by atoms with E-state index in [9.17, 15) is 0 Å². The molecule has 2 heterocycles. The third-order valence-electron chi connectivity index (χ3n) is 4.56. The number of piperazine rings is 1. The minimum absolute atomic E-state index is 0.622. The van der Waals surface area contributed by atoms with Gasteiger partial charge in [-0.2, -0.15) is 5.26 Å². The van der Waals surface area contributed by atoms with Crippen LogP contribution in [-0.2, 0) is 0 Å². The van der Waals surface area contributed by atoms with Gasteiger partial charge in [-0.05, 0) is 37.9 Å². The van der Waals surface area contributed by atoms with Crippen LogP contribution in [0, 0.1) is 11.3 Å². The van der Waals surface area contributed by atoms with Gasteiger partial charge in [-0.1, -0.05) is 12.1 Å². The molecular formula is C17H23N3O. The van der Waals surface area contributed by atoms with Gasteiger partial charge in [0.15, 0.2) is 0 Å². The molecule has 1 aromatic rings. The molecule has 2 aliphatic heterocycles. The van der Waals surface area contributed by atoms with Crippen LogP contribution in [-0.4, -0.2) is 55.2 Å². The molecule has 0 amide bonds. The first-order valence-corrected chi connectivity index (χ1v) is 7.95. The Morgan fingerprint density at radius 2 is 2.14 bits per heavy atom. The lowest BCUT2D eigenvalue weighted by Crippen LogP contribution is -2.50. The van der Waals surface area contributed by atoms with Gasteiger partial charge in [-0.25, -0.2) is 0 Å². The zero-order chi connectivity index (χ0) is 14.5. The van der Waals surface area contributed by atoms with E-state index < -0.39 is 0 Å². The number of hydrogen-bond acceptors (Lipinski definition) is 4. The number of para-hydroxylation sites is 1. The molecule has 0 radical (unpaired) electrons. The highest BCUT2D eigenvalue weighted by molar-refractivity contribution is 5.42. The largest absolute Gasteiger partial charge is 0.492 e. The van der Waals surface area contributed by atoms with E-state index in [0.717, 1.165) is 19.0 Å². The second-order valence-electron chi connectivity index (χ2n) is 5.94. The second kappa shape index (κ2) is 6.93. The van der Waals surface area contributed by atoms with Gasteiger partial charge < -0.3 is 9.64 Å². The van der Waals surface area contributed by atoms with Crippen LogP contribution in [0.15, 0.2) is 24.3 Å².